The van der Waals surface area contributed by atoms with Gasteiger partial charge in [0.25, 0.3) is 5.91 Å². The van der Waals surface area contributed by atoms with Gasteiger partial charge in [-0.15, -0.1) is 0 Å². The number of aryl methyl sites for hydroxylation is 2. The van der Waals surface area contributed by atoms with Gasteiger partial charge < -0.3 is 15.0 Å². The number of carbonyl (C=O) groups excluding carboxylic acids is 2. The molecule has 0 bridgehead atoms. The Balaban J connectivity index is 2.17. The summed E-state index contributed by atoms with van der Waals surface area (Å²) in [5.41, 5.74) is 3.17. The van der Waals surface area contributed by atoms with E-state index in [9.17, 15) is 9.59 Å². The standard InChI is InChI=1S/C25H33BrN2O3/c1-5-7-14-27-25(30)23(6-2)28(16-20-10-8-18(3)9-11-20)24(29)17-31-21-12-13-22(26)19(4)15-21/h8-13,15,23H,5-7,14,16-17H2,1-4H3,(H,27,30)/t23-/m0/s1. The van der Waals surface area contributed by atoms with Crippen LogP contribution < -0.4 is 10.1 Å². The van der Waals surface area contributed by atoms with Crippen molar-refractivity contribution in [1.29, 1.82) is 0 Å². The molecule has 0 heterocycles. The molecular formula is C25H33BrN2O3. The maximum absolute atomic E-state index is 13.2. The Morgan fingerprint density at radius 2 is 1.81 bits per heavy atom. The lowest BCUT2D eigenvalue weighted by atomic mass is 10.1. The van der Waals surface area contributed by atoms with Crippen molar-refractivity contribution in [1.82, 2.24) is 10.2 Å². The van der Waals surface area contributed by atoms with Crippen LogP contribution in [0.3, 0.4) is 0 Å². The summed E-state index contributed by atoms with van der Waals surface area (Å²) in [7, 11) is 0. The van der Waals surface area contributed by atoms with E-state index in [1.165, 1.54) is 0 Å². The largest absolute Gasteiger partial charge is 0.484 e. The second-order valence-electron chi connectivity index (χ2n) is 7.78. The van der Waals surface area contributed by atoms with Crippen LogP contribution in [-0.2, 0) is 16.1 Å². The fraction of sp³-hybridized carbons (Fsp3) is 0.440. The summed E-state index contributed by atoms with van der Waals surface area (Å²) in [5, 5.41) is 2.97. The molecular weight excluding hydrogens is 456 g/mol. The van der Waals surface area contributed by atoms with Gasteiger partial charge in [-0.1, -0.05) is 66.0 Å². The van der Waals surface area contributed by atoms with E-state index in [-0.39, 0.29) is 18.4 Å². The SMILES string of the molecule is CCCCNC(=O)[C@H](CC)N(Cc1ccc(C)cc1)C(=O)COc1ccc(Br)c(C)c1. The van der Waals surface area contributed by atoms with Gasteiger partial charge in [0, 0.05) is 17.6 Å². The van der Waals surface area contributed by atoms with Crippen molar-refractivity contribution in [2.75, 3.05) is 13.2 Å². The van der Waals surface area contributed by atoms with Crippen molar-refractivity contribution in [3.8, 4) is 5.75 Å². The van der Waals surface area contributed by atoms with Crippen LogP contribution in [0.4, 0.5) is 0 Å². The third kappa shape index (κ3) is 7.69. The van der Waals surface area contributed by atoms with Crippen molar-refractivity contribution in [2.24, 2.45) is 0 Å². The van der Waals surface area contributed by atoms with Crippen LogP contribution >= 0.6 is 15.9 Å². The van der Waals surface area contributed by atoms with E-state index >= 15 is 0 Å². The third-order valence-electron chi connectivity index (χ3n) is 5.18. The summed E-state index contributed by atoms with van der Waals surface area (Å²) in [6.07, 6.45) is 2.45. The van der Waals surface area contributed by atoms with Crippen molar-refractivity contribution in [3.63, 3.8) is 0 Å². The van der Waals surface area contributed by atoms with Gasteiger partial charge in [0.2, 0.25) is 5.91 Å². The Morgan fingerprint density at radius 3 is 2.42 bits per heavy atom. The number of halogens is 1. The smallest absolute Gasteiger partial charge is 0.261 e. The first-order valence-corrected chi connectivity index (χ1v) is 11.7. The molecule has 2 amide bonds. The number of hydrogen-bond acceptors (Lipinski definition) is 3. The molecule has 0 aliphatic carbocycles. The highest BCUT2D eigenvalue weighted by molar-refractivity contribution is 9.10. The van der Waals surface area contributed by atoms with Crippen LogP contribution in [0.2, 0.25) is 0 Å². The van der Waals surface area contributed by atoms with Crippen LogP contribution in [0.5, 0.6) is 5.75 Å². The molecule has 2 aromatic carbocycles. The molecule has 0 aliphatic rings. The maximum atomic E-state index is 13.2. The van der Waals surface area contributed by atoms with Gasteiger partial charge in [0.15, 0.2) is 6.61 Å². The monoisotopic (exact) mass is 488 g/mol. The number of unbranched alkanes of at least 4 members (excludes halogenated alkanes) is 1. The summed E-state index contributed by atoms with van der Waals surface area (Å²) < 4.78 is 6.76. The molecule has 6 heteroatoms. The molecule has 31 heavy (non-hydrogen) atoms. The van der Waals surface area contributed by atoms with Gasteiger partial charge in [-0.25, -0.2) is 0 Å². The molecule has 2 rings (SSSR count). The fourth-order valence-electron chi connectivity index (χ4n) is 3.25. The number of benzene rings is 2. The highest BCUT2D eigenvalue weighted by Crippen LogP contribution is 2.22. The van der Waals surface area contributed by atoms with E-state index < -0.39 is 6.04 Å². The Hall–Kier alpha value is -2.34. The molecule has 0 spiro atoms. The Labute approximate surface area is 194 Å². The van der Waals surface area contributed by atoms with Crippen LogP contribution in [0.15, 0.2) is 46.9 Å². The predicted octanol–water partition coefficient (Wildman–Crippen LogP) is 5.17. The maximum Gasteiger partial charge on any atom is 0.261 e. The fourth-order valence-corrected chi connectivity index (χ4v) is 3.50. The number of amides is 2. The lowest BCUT2D eigenvalue weighted by Crippen LogP contribution is -2.50. The van der Waals surface area contributed by atoms with E-state index in [0.717, 1.165) is 34.0 Å². The summed E-state index contributed by atoms with van der Waals surface area (Å²) in [4.78, 5) is 27.7. The molecule has 168 valence electrons. The molecule has 0 aromatic heterocycles. The topological polar surface area (TPSA) is 58.6 Å². The highest BCUT2D eigenvalue weighted by Gasteiger charge is 2.28. The Kier molecular flexibility index (Phi) is 10.0. The second kappa shape index (κ2) is 12.5. The molecule has 0 saturated carbocycles. The Morgan fingerprint density at radius 1 is 1.10 bits per heavy atom. The molecule has 0 saturated heterocycles. The van der Waals surface area contributed by atoms with Gasteiger partial charge in [0.1, 0.15) is 11.8 Å². The molecule has 2 aromatic rings. The molecule has 1 atom stereocenters. The summed E-state index contributed by atoms with van der Waals surface area (Å²) in [6, 6.07) is 13.1. The van der Waals surface area contributed by atoms with Gasteiger partial charge in [-0.05, 0) is 56.0 Å². The normalized spacial score (nSPS) is 11.6. The zero-order chi connectivity index (χ0) is 22.8. The van der Waals surface area contributed by atoms with E-state index in [1.54, 1.807) is 4.90 Å². The minimum absolute atomic E-state index is 0.115. The van der Waals surface area contributed by atoms with Crippen molar-refractivity contribution in [3.05, 3.63) is 63.6 Å². The molecule has 0 radical (unpaired) electrons. The van der Waals surface area contributed by atoms with E-state index in [2.05, 4.69) is 28.2 Å². The lowest BCUT2D eigenvalue weighted by molar-refractivity contribution is -0.143. The number of rotatable bonds is 11. The molecule has 0 unspecified atom stereocenters. The van der Waals surface area contributed by atoms with Gasteiger partial charge in [-0.2, -0.15) is 0 Å². The van der Waals surface area contributed by atoms with Crippen molar-refractivity contribution >= 4 is 27.7 Å². The molecule has 5 nitrogen and oxygen atoms in total. The number of ether oxygens (including phenoxy) is 1. The second-order valence-corrected chi connectivity index (χ2v) is 8.63. The first-order chi connectivity index (χ1) is 14.8. The summed E-state index contributed by atoms with van der Waals surface area (Å²) >= 11 is 3.47. The third-order valence-corrected chi connectivity index (χ3v) is 6.07. The predicted molar refractivity (Wildman–Crippen MR) is 128 cm³/mol. The van der Waals surface area contributed by atoms with Crippen LogP contribution in [0, 0.1) is 13.8 Å². The zero-order valence-corrected chi connectivity index (χ0v) is 20.5. The van der Waals surface area contributed by atoms with E-state index in [4.69, 9.17) is 4.74 Å². The Bertz CT molecular complexity index is 868. The van der Waals surface area contributed by atoms with Crippen LogP contribution in [-0.4, -0.2) is 35.9 Å². The minimum atomic E-state index is -0.541. The zero-order valence-electron chi connectivity index (χ0n) is 18.9. The number of hydrogen-bond donors (Lipinski definition) is 1. The van der Waals surface area contributed by atoms with Gasteiger partial charge in [-0.3, -0.25) is 9.59 Å². The van der Waals surface area contributed by atoms with Crippen molar-refractivity contribution in [2.45, 2.75) is 59.5 Å². The van der Waals surface area contributed by atoms with Gasteiger partial charge in [0.05, 0.1) is 0 Å². The summed E-state index contributed by atoms with van der Waals surface area (Å²) in [5.74, 6) is 0.305. The van der Waals surface area contributed by atoms with E-state index in [1.807, 2.05) is 63.2 Å². The number of nitrogens with zero attached hydrogens (tertiary/aromatic N) is 1. The van der Waals surface area contributed by atoms with E-state index in [0.29, 0.717) is 25.3 Å². The van der Waals surface area contributed by atoms with Crippen LogP contribution in [0.25, 0.3) is 0 Å². The van der Waals surface area contributed by atoms with Crippen LogP contribution in [0.1, 0.15) is 49.8 Å². The summed E-state index contributed by atoms with van der Waals surface area (Å²) in [6.45, 7) is 8.86. The quantitative estimate of drug-likeness (QED) is 0.443. The highest BCUT2D eigenvalue weighted by atomic mass is 79.9. The lowest BCUT2D eigenvalue weighted by Gasteiger charge is -2.30. The minimum Gasteiger partial charge on any atom is -0.484 e. The average Bonchev–Trinajstić information content (AvgIpc) is 2.75. The molecule has 0 aliphatic heterocycles. The number of nitrogens with one attached hydrogen (secondary N) is 1. The first kappa shape index (κ1) is 24.9. The average molecular weight is 489 g/mol. The molecule has 0 fully saturated rings. The molecule has 1 N–H and O–H groups in total. The first-order valence-electron chi connectivity index (χ1n) is 10.9. The van der Waals surface area contributed by atoms with Gasteiger partial charge >= 0.3 is 0 Å². The number of carbonyl (C=O) groups is 2. The van der Waals surface area contributed by atoms with Crippen molar-refractivity contribution < 1.29 is 14.3 Å².